The number of hydrogen-bond acceptors (Lipinski definition) is 4. The average Bonchev–Trinajstić information content (AvgIpc) is 2.13. The molecule has 1 N–H and O–H groups in total. The molecule has 6 heteroatoms. The van der Waals surface area contributed by atoms with Crippen LogP contribution in [-0.4, -0.2) is 27.7 Å². The van der Waals surface area contributed by atoms with Crippen LogP contribution in [0, 0.1) is 10.8 Å². The number of nitrogens with zero attached hydrogens (tertiary/aromatic N) is 2. The first kappa shape index (κ1) is 11.0. The quantitative estimate of drug-likeness (QED) is 0.859. The summed E-state index contributed by atoms with van der Waals surface area (Å²) in [5.74, 6) is -0.134. The molecule has 0 saturated heterocycles. The van der Waals surface area contributed by atoms with Gasteiger partial charge in [-0.15, -0.1) is 0 Å². The Morgan fingerprint density at radius 2 is 2.18 bits per heavy atom. The number of hydrogen-bond donors (Lipinski definition) is 1. The Kier molecular flexibility index (Phi) is 2.20. The largest absolute Gasteiger partial charge is 0.481 e. The van der Waals surface area contributed by atoms with Crippen LogP contribution < -0.4 is 4.74 Å². The van der Waals surface area contributed by atoms with Crippen molar-refractivity contribution in [3.8, 4) is 5.88 Å². The summed E-state index contributed by atoms with van der Waals surface area (Å²) in [4.78, 5) is 18.8. The van der Waals surface area contributed by atoms with E-state index in [9.17, 15) is 4.79 Å². The fraction of sp³-hybridized carbons (Fsp3) is 0.545. The van der Waals surface area contributed by atoms with Crippen LogP contribution in [0.2, 0.25) is 0 Å². The summed E-state index contributed by atoms with van der Waals surface area (Å²) < 4.78 is 6.26. The Hall–Kier alpha value is -1.17. The fourth-order valence-electron chi connectivity index (χ4n) is 3.00. The van der Waals surface area contributed by atoms with Crippen molar-refractivity contribution < 1.29 is 14.6 Å². The van der Waals surface area contributed by atoms with Gasteiger partial charge in [0.05, 0.1) is 12.0 Å². The van der Waals surface area contributed by atoms with Crippen molar-refractivity contribution in [1.29, 1.82) is 0 Å². The van der Waals surface area contributed by atoms with Crippen molar-refractivity contribution in [3.63, 3.8) is 0 Å². The molecule has 0 unspecified atom stereocenters. The Labute approximate surface area is 106 Å². The first-order valence-electron chi connectivity index (χ1n) is 5.38. The molecule has 0 aromatic carbocycles. The highest BCUT2D eigenvalue weighted by atomic mass is 79.9. The van der Waals surface area contributed by atoms with Crippen molar-refractivity contribution in [3.05, 3.63) is 17.0 Å². The van der Waals surface area contributed by atoms with Gasteiger partial charge in [-0.2, -0.15) is 0 Å². The highest BCUT2D eigenvalue weighted by Crippen LogP contribution is 2.73. The lowest BCUT2D eigenvalue weighted by atomic mass is 9.35. The molecule has 5 nitrogen and oxygen atoms in total. The highest BCUT2D eigenvalue weighted by molar-refractivity contribution is 9.10. The predicted octanol–water partition coefficient (Wildman–Crippen LogP) is 1.87. The second-order valence-corrected chi connectivity index (χ2v) is 5.90. The van der Waals surface area contributed by atoms with E-state index in [4.69, 9.17) is 9.84 Å². The van der Waals surface area contributed by atoms with E-state index < -0.39 is 11.4 Å². The third-order valence-corrected chi connectivity index (χ3v) is 4.16. The summed E-state index contributed by atoms with van der Waals surface area (Å²) >= 11 is 3.24. The van der Waals surface area contributed by atoms with Gasteiger partial charge in [-0.1, -0.05) is 0 Å². The predicted molar refractivity (Wildman–Crippen MR) is 61.6 cm³/mol. The van der Waals surface area contributed by atoms with E-state index in [2.05, 4.69) is 25.9 Å². The van der Waals surface area contributed by atoms with Crippen LogP contribution in [0.25, 0.3) is 0 Å². The molecule has 3 saturated carbocycles. The first-order chi connectivity index (χ1) is 8.04. The van der Waals surface area contributed by atoms with Gasteiger partial charge in [0, 0.05) is 11.5 Å². The van der Waals surface area contributed by atoms with Gasteiger partial charge in [-0.3, -0.25) is 4.79 Å². The lowest BCUT2D eigenvalue weighted by molar-refractivity contribution is -0.231. The SMILES string of the molecule is O=C(O)C12CC(COc3cc(Br)ncn3)(C1)C2. The van der Waals surface area contributed by atoms with E-state index in [0.29, 0.717) is 17.1 Å². The lowest BCUT2D eigenvalue weighted by Crippen LogP contribution is -2.67. The molecule has 3 fully saturated rings. The molecular weight excluding hydrogens is 288 g/mol. The van der Waals surface area contributed by atoms with Gasteiger partial charge in [0.2, 0.25) is 5.88 Å². The van der Waals surface area contributed by atoms with E-state index in [1.165, 1.54) is 6.33 Å². The van der Waals surface area contributed by atoms with Crippen LogP contribution in [0.5, 0.6) is 5.88 Å². The minimum atomic E-state index is -0.663. The second kappa shape index (κ2) is 3.41. The number of ether oxygens (including phenoxy) is 1. The zero-order chi connectivity index (χ0) is 12.1. The number of halogens is 1. The van der Waals surface area contributed by atoms with E-state index in [1.54, 1.807) is 6.07 Å². The molecule has 1 aromatic heterocycles. The molecule has 0 radical (unpaired) electrons. The second-order valence-electron chi connectivity index (χ2n) is 5.08. The Balaban J connectivity index is 1.56. The molecule has 3 aliphatic carbocycles. The number of rotatable bonds is 4. The maximum absolute atomic E-state index is 10.9. The maximum atomic E-state index is 10.9. The summed E-state index contributed by atoms with van der Waals surface area (Å²) in [6, 6.07) is 1.71. The maximum Gasteiger partial charge on any atom is 0.309 e. The van der Waals surface area contributed by atoms with Crippen molar-refractivity contribution in [2.75, 3.05) is 6.61 Å². The van der Waals surface area contributed by atoms with Crippen LogP contribution in [0.4, 0.5) is 0 Å². The van der Waals surface area contributed by atoms with Crippen molar-refractivity contribution >= 4 is 21.9 Å². The Morgan fingerprint density at radius 1 is 1.47 bits per heavy atom. The van der Waals surface area contributed by atoms with E-state index >= 15 is 0 Å². The van der Waals surface area contributed by atoms with Gasteiger partial charge in [-0.25, -0.2) is 9.97 Å². The summed E-state index contributed by atoms with van der Waals surface area (Å²) in [7, 11) is 0. The molecule has 1 aromatic rings. The average molecular weight is 299 g/mol. The molecule has 0 aliphatic heterocycles. The summed E-state index contributed by atoms with van der Waals surface area (Å²) in [5.41, 5.74) is -0.356. The Morgan fingerprint density at radius 3 is 2.76 bits per heavy atom. The molecule has 0 spiro atoms. The van der Waals surface area contributed by atoms with Crippen molar-refractivity contribution in [2.45, 2.75) is 19.3 Å². The molecule has 1 heterocycles. The highest BCUT2D eigenvalue weighted by Gasteiger charge is 2.72. The van der Waals surface area contributed by atoms with Gasteiger partial charge >= 0.3 is 5.97 Å². The van der Waals surface area contributed by atoms with Crippen molar-refractivity contribution in [1.82, 2.24) is 9.97 Å². The molecule has 0 amide bonds. The third kappa shape index (κ3) is 1.62. The van der Waals surface area contributed by atoms with Gasteiger partial charge in [0.25, 0.3) is 0 Å². The van der Waals surface area contributed by atoms with E-state index in [1.807, 2.05) is 0 Å². The van der Waals surface area contributed by atoms with Gasteiger partial charge in [-0.05, 0) is 35.2 Å². The smallest absolute Gasteiger partial charge is 0.309 e. The Bertz CT molecular complexity index is 472. The lowest BCUT2D eigenvalue weighted by Gasteiger charge is -2.67. The standard InChI is InChI=1S/C11H11BrN2O3/c12-7-1-8(14-6-13-7)17-5-10-2-11(3-10,4-10)9(15)16/h1,6H,2-5H2,(H,15,16). The minimum Gasteiger partial charge on any atom is -0.481 e. The van der Waals surface area contributed by atoms with Crippen molar-refractivity contribution in [2.24, 2.45) is 10.8 Å². The number of carboxylic acid groups (broad SMARTS) is 1. The normalized spacial score (nSPS) is 33.5. The van der Waals surface area contributed by atoms with E-state index in [0.717, 1.165) is 19.3 Å². The van der Waals surface area contributed by atoms with Gasteiger partial charge in [0.15, 0.2) is 0 Å². The monoisotopic (exact) mass is 298 g/mol. The molecule has 90 valence electrons. The summed E-state index contributed by atoms with van der Waals surface area (Å²) in [5, 5.41) is 9.00. The number of aromatic nitrogens is 2. The van der Waals surface area contributed by atoms with Crippen LogP contribution in [0.3, 0.4) is 0 Å². The van der Waals surface area contributed by atoms with E-state index in [-0.39, 0.29) is 5.41 Å². The molecule has 4 rings (SSSR count). The van der Waals surface area contributed by atoms with Crippen LogP contribution in [-0.2, 0) is 4.79 Å². The fourth-order valence-corrected chi connectivity index (χ4v) is 3.29. The first-order valence-corrected chi connectivity index (χ1v) is 6.17. The van der Waals surface area contributed by atoms with Crippen LogP contribution in [0.15, 0.2) is 17.0 Å². The van der Waals surface area contributed by atoms with Gasteiger partial charge in [0.1, 0.15) is 10.9 Å². The number of aliphatic carboxylic acids is 1. The summed E-state index contributed by atoms with van der Waals surface area (Å²) in [6.45, 7) is 0.547. The minimum absolute atomic E-state index is 0.0792. The van der Waals surface area contributed by atoms with Crippen LogP contribution in [0.1, 0.15) is 19.3 Å². The van der Waals surface area contributed by atoms with Gasteiger partial charge < -0.3 is 9.84 Å². The molecule has 2 bridgehead atoms. The molecule has 3 aliphatic rings. The molecule has 17 heavy (non-hydrogen) atoms. The topological polar surface area (TPSA) is 72.3 Å². The van der Waals surface area contributed by atoms with Crippen LogP contribution >= 0.6 is 15.9 Å². The number of carbonyl (C=O) groups is 1. The summed E-state index contributed by atoms with van der Waals surface area (Å²) in [6.07, 6.45) is 3.64. The molecular formula is C11H11BrN2O3. The third-order valence-electron chi connectivity index (χ3n) is 3.73. The number of carboxylic acids is 1. The zero-order valence-corrected chi connectivity index (χ0v) is 10.6. The zero-order valence-electron chi connectivity index (χ0n) is 9.02. The molecule has 0 atom stereocenters.